The Labute approximate surface area is 153 Å². The Morgan fingerprint density at radius 3 is 2.65 bits per heavy atom. The van der Waals surface area contributed by atoms with Gasteiger partial charge in [0.2, 0.25) is 5.88 Å². The van der Waals surface area contributed by atoms with Gasteiger partial charge in [0, 0.05) is 23.1 Å². The van der Waals surface area contributed by atoms with Gasteiger partial charge in [-0.25, -0.2) is 19.9 Å². The van der Waals surface area contributed by atoms with Gasteiger partial charge in [0.1, 0.15) is 5.69 Å². The van der Waals surface area contributed by atoms with E-state index in [1.807, 2.05) is 37.3 Å². The van der Waals surface area contributed by atoms with E-state index in [2.05, 4.69) is 9.97 Å². The molecule has 5 heteroatoms. The minimum absolute atomic E-state index is 0.598. The van der Waals surface area contributed by atoms with Crippen LogP contribution in [0.5, 0.6) is 5.88 Å². The molecule has 0 saturated heterocycles. The Kier molecular flexibility index (Phi) is 4.61. The lowest BCUT2D eigenvalue weighted by Gasteiger charge is -2.15. The Bertz CT molecular complexity index is 939. The zero-order valence-electron chi connectivity index (χ0n) is 15.2. The van der Waals surface area contributed by atoms with E-state index in [-0.39, 0.29) is 0 Å². The molecule has 3 aromatic rings. The Morgan fingerprint density at radius 1 is 0.923 bits per heavy atom. The topological polar surface area (TPSA) is 60.8 Å². The molecule has 5 nitrogen and oxygen atoms in total. The maximum absolute atomic E-state index is 5.50. The van der Waals surface area contributed by atoms with E-state index in [4.69, 9.17) is 14.7 Å². The van der Waals surface area contributed by atoms with Crippen LogP contribution in [-0.4, -0.2) is 27.0 Å². The van der Waals surface area contributed by atoms with E-state index in [0.29, 0.717) is 11.7 Å². The average molecular weight is 346 g/mol. The van der Waals surface area contributed by atoms with Crippen LogP contribution in [0.2, 0.25) is 0 Å². The number of aromatic nitrogens is 4. The van der Waals surface area contributed by atoms with Crippen molar-refractivity contribution in [2.24, 2.45) is 0 Å². The number of ether oxygens (including phenoxy) is 1. The number of pyridine rings is 2. The van der Waals surface area contributed by atoms with Crippen molar-refractivity contribution in [2.75, 3.05) is 7.11 Å². The van der Waals surface area contributed by atoms with E-state index < -0.39 is 0 Å². The summed E-state index contributed by atoms with van der Waals surface area (Å²) in [7, 11) is 1.65. The van der Waals surface area contributed by atoms with Crippen molar-refractivity contribution in [3.63, 3.8) is 0 Å². The van der Waals surface area contributed by atoms with Crippen molar-refractivity contribution >= 4 is 0 Å². The molecule has 0 bridgehead atoms. The fraction of sp³-hybridized carbons (Fsp3) is 0.333. The fourth-order valence-corrected chi connectivity index (χ4v) is 3.51. The van der Waals surface area contributed by atoms with Gasteiger partial charge in [-0.1, -0.05) is 12.5 Å². The highest BCUT2D eigenvalue weighted by Crippen LogP contribution is 2.34. The number of nitrogens with zero attached hydrogens (tertiary/aromatic N) is 4. The molecule has 0 amide bonds. The van der Waals surface area contributed by atoms with Crippen LogP contribution in [0, 0.1) is 6.92 Å². The van der Waals surface area contributed by atoms with Gasteiger partial charge >= 0.3 is 0 Å². The molecule has 0 N–H and O–H groups in total. The number of aryl methyl sites for hydroxylation is 2. The second kappa shape index (κ2) is 7.20. The van der Waals surface area contributed by atoms with E-state index >= 15 is 0 Å². The molecule has 0 saturated carbocycles. The monoisotopic (exact) mass is 346 g/mol. The van der Waals surface area contributed by atoms with E-state index in [0.717, 1.165) is 54.0 Å². The zero-order valence-corrected chi connectivity index (χ0v) is 15.2. The predicted molar refractivity (Wildman–Crippen MR) is 101 cm³/mol. The van der Waals surface area contributed by atoms with Gasteiger partial charge in [-0.15, -0.1) is 0 Å². The standard InChI is InChI=1S/C21H22N4O/c1-14-8-6-12-18(23-14)20-24-17-11-5-3-4-9-15(17)19(25-20)16-10-7-13-22-21(16)26-2/h6-8,10,12-13H,3-5,9,11H2,1-2H3. The van der Waals surface area contributed by atoms with Crippen molar-refractivity contribution in [3.8, 4) is 28.7 Å². The van der Waals surface area contributed by atoms with Gasteiger partial charge in [0.05, 0.1) is 18.4 Å². The van der Waals surface area contributed by atoms with Gasteiger partial charge < -0.3 is 4.74 Å². The maximum atomic E-state index is 5.50. The molecule has 4 rings (SSSR count). The van der Waals surface area contributed by atoms with E-state index in [9.17, 15) is 0 Å². The Hall–Kier alpha value is -2.82. The highest BCUT2D eigenvalue weighted by atomic mass is 16.5. The molecule has 26 heavy (non-hydrogen) atoms. The number of rotatable bonds is 3. The average Bonchev–Trinajstić information content (AvgIpc) is 2.92. The summed E-state index contributed by atoms with van der Waals surface area (Å²) in [5, 5.41) is 0. The second-order valence-electron chi connectivity index (χ2n) is 6.61. The largest absolute Gasteiger partial charge is 0.481 e. The van der Waals surface area contributed by atoms with Crippen LogP contribution in [0.15, 0.2) is 36.5 Å². The van der Waals surface area contributed by atoms with Crippen LogP contribution in [0.3, 0.4) is 0 Å². The Balaban J connectivity index is 1.95. The maximum Gasteiger partial charge on any atom is 0.222 e. The predicted octanol–water partition coefficient (Wildman–Crippen LogP) is 4.19. The lowest BCUT2D eigenvalue weighted by molar-refractivity contribution is 0.399. The number of hydrogen-bond acceptors (Lipinski definition) is 5. The lowest BCUT2D eigenvalue weighted by atomic mass is 10.0. The molecule has 0 spiro atoms. The first kappa shape index (κ1) is 16.6. The third-order valence-electron chi connectivity index (χ3n) is 4.77. The molecule has 0 atom stereocenters. The quantitative estimate of drug-likeness (QED) is 0.666. The van der Waals surface area contributed by atoms with Crippen molar-refractivity contribution < 1.29 is 4.74 Å². The third kappa shape index (κ3) is 3.17. The van der Waals surface area contributed by atoms with Crippen LogP contribution in [-0.2, 0) is 12.8 Å². The molecule has 3 heterocycles. The normalized spacial score (nSPS) is 13.8. The molecular formula is C21H22N4O. The molecule has 3 aromatic heterocycles. The van der Waals surface area contributed by atoms with Crippen LogP contribution in [0.1, 0.15) is 36.2 Å². The van der Waals surface area contributed by atoms with Crippen LogP contribution < -0.4 is 4.74 Å². The summed E-state index contributed by atoms with van der Waals surface area (Å²) < 4.78 is 5.50. The van der Waals surface area contributed by atoms with Crippen molar-refractivity contribution in [2.45, 2.75) is 39.0 Å². The van der Waals surface area contributed by atoms with Gasteiger partial charge in [-0.3, -0.25) is 0 Å². The highest BCUT2D eigenvalue weighted by Gasteiger charge is 2.21. The van der Waals surface area contributed by atoms with Crippen LogP contribution in [0.4, 0.5) is 0 Å². The minimum Gasteiger partial charge on any atom is -0.481 e. The first-order valence-corrected chi connectivity index (χ1v) is 9.09. The first-order valence-electron chi connectivity index (χ1n) is 9.09. The summed E-state index contributed by atoms with van der Waals surface area (Å²) in [6, 6.07) is 9.89. The molecule has 1 aliphatic rings. The second-order valence-corrected chi connectivity index (χ2v) is 6.61. The fourth-order valence-electron chi connectivity index (χ4n) is 3.51. The van der Waals surface area contributed by atoms with Crippen molar-refractivity contribution in [3.05, 3.63) is 53.5 Å². The van der Waals surface area contributed by atoms with Crippen LogP contribution in [0.25, 0.3) is 22.8 Å². The van der Waals surface area contributed by atoms with Gasteiger partial charge in [0.25, 0.3) is 0 Å². The van der Waals surface area contributed by atoms with Crippen molar-refractivity contribution in [1.29, 1.82) is 0 Å². The lowest BCUT2D eigenvalue weighted by Crippen LogP contribution is -2.06. The molecule has 0 aliphatic heterocycles. The zero-order chi connectivity index (χ0) is 17.9. The molecule has 1 aliphatic carbocycles. The number of methoxy groups -OCH3 is 1. The third-order valence-corrected chi connectivity index (χ3v) is 4.77. The number of hydrogen-bond donors (Lipinski definition) is 0. The first-order chi connectivity index (χ1) is 12.8. The van der Waals surface area contributed by atoms with Gasteiger partial charge in [-0.2, -0.15) is 0 Å². The van der Waals surface area contributed by atoms with Crippen LogP contribution >= 0.6 is 0 Å². The molecule has 0 fully saturated rings. The summed E-state index contributed by atoms with van der Waals surface area (Å²) in [4.78, 5) is 18.8. The Morgan fingerprint density at radius 2 is 1.81 bits per heavy atom. The molecule has 0 radical (unpaired) electrons. The van der Waals surface area contributed by atoms with Gasteiger partial charge in [0.15, 0.2) is 5.82 Å². The van der Waals surface area contributed by atoms with E-state index in [1.54, 1.807) is 13.3 Å². The molecular weight excluding hydrogens is 324 g/mol. The van der Waals surface area contributed by atoms with E-state index in [1.165, 1.54) is 12.0 Å². The van der Waals surface area contributed by atoms with Gasteiger partial charge in [-0.05, 0) is 56.9 Å². The summed E-state index contributed by atoms with van der Waals surface area (Å²) in [5.41, 5.74) is 5.98. The SMILES string of the molecule is COc1ncccc1-c1nc(-c2cccc(C)n2)nc2c1CCCCC2. The summed E-state index contributed by atoms with van der Waals surface area (Å²) in [6.07, 6.45) is 7.25. The summed E-state index contributed by atoms with van der Waals surface area (Å²) in [5.74, 6) is 1.27. The molecule has 132 valence electrons. The van der Waals surface area contributed by atoms with Crippen molar-refractivity contribution in [1.82, 2.24) is 19.9 Å². The summed E-state index contributed by atoms with van der Waals surface area (Å²) in [6.45, 7) is 1.98. The molecule has 0 aromatic carbocycles. The minimum atomic E-state index is 0.598. The highest BCUT2D eigenvalue weighted by molar-refractivity contribution is 5.71. The number of fused-ring (bicyclic) bond motifs is 1. The smallest absolute Gasteiger partial charge is 0.222 e. The summed E-state index contributed by atoms with van der Waals surface area (Å²) >= 11 is 0. The molecule has 0 unspecified atom stereocenters.